The van der Waals surface area contributed by atoms with Gasteiger partial charge in [-0.15, -0.1) is 0 Å². The van der Waals surface area contributed by atoms with Crippen LogP contribution in [0.25, 0.3) is 67.5 Å². The molecule has 0 aliphatic heterocycles. The van der Waals surface area contributed by atoms with E-state index in [1.165, 1.54) is 73.3 Å². The smallest absolute Gasteiger partial charge is 0.201 e. The van der Waals surface area contributed by atoms with Crippen molar-refractivity contribution in [2.45, 2.75) is 103 Å². The normalized spacial score (nSPS) is 17.9. The molecule has 6 heteroatoms. The Labute approximate surface area is 615 Å². The summed E-state index contributed by atoms with van der Waals surface area (Å²) in [4.78, 5) is 0. The fraction of sp³-hybridized carbons (Fsp3) is 0.241. The van der Waals surface area contributed by atoms with Crippen LogP contribution >= 0.6 is 0 Å². The Morgan fingerprint density at radius 3 is 1.08 bits per heavy atom. The van der Waals surface area contributed by atoms with Crippen molar-refractivity contribution in [2.75, 3.05) is 0 Å². The average molecular weight is 1270 g/mol. The number of aromatic nitrogens is 6. The summed E-state index contributed by atoms with van der Waals surface area (Å²) in [6.07, 6.45) is -1.15. The van der Waals surface area contributed by atoms with Gasteiger partial charge in [0, 0.05) is 141 Å². The molecule has 6 aromatic heterocycles. The summed E-state index contributed by atoms with van der Waals surface area (Å²) >= 11 is 0. The number of aryl methyl sites for hydroxylation is 10. The van der Waals surface area contributed by atoms with Gasteiger partial charge in [-0.25, -0.2) is 27.4 Å². The molecule has 0 fully saturated rings. The molecule has 6 aromatic carbocycles. The van der Waals surface area contributed by atoms with E-state index in [1.54, 1.807) is 101 Å². The Kier molecular flexibility index (Phi) is 12.0. The van der Waals surface area contributed by atoms with Crippen molar-refractivity contribution in [3.8, 4) is 67.5 Å². The Morgan fingerprint density at radius 2 is 0.613 bits per heavy atom. The van der Waals surface area contributed by atoms with Crippen LogP contribution in [0.1, 0.15) is 138 Å². The van der Waals surface area contributed by atoms with E-state index >= 15 is 0 Å². The fourth-order valence-corrected chi connectivity index (χ4v) is 9.74. The van der Waals surface area contributed by atoms with Crippen LogP contribution in [0.5, 0.6) is 0 Å². The maximum atomic E-state index is 8.38. The number of hydrogen-bond donors (Lipinski definition) is 0. The number of nitrogens with zero attached hydrogens (tertiary/aromatic N) is 6. The molecule has 0 spiro atoms. The van der Waals surface area contributed by atoms with Crippen LogP contribution in [-0.2, 0) is 42.3 Å². The van der Waals surface area contributed by atoms with Crippen molar-refractivity contribution in [1.82, 2.24) is 0 Å². The molecule has 6 nitrogen and oxygen atoms in total. The third-order valence-corrected chi connectivity index (χ3v) is 14.6. The molecule has 12 aromatic rings. The minimum Gasteiger partial charge on any atom is -0.201 e. The second kappa shape index (κ2) is 33.0. The maximum absolute atomic E-state index is 8.38. The van der Waals surface area contributed by atoms with Gasteiger partial charge < -0.3 is 0 Å². The van der Waals surface area contributed by atoms with Crippen molar-refractivity contribution >= 4 is 0 Å². The molecule has 0 atom stereocenters. The summed E-state index contributed by atoms with van der Waals surface area (Å²) in [6.45, 7) is -11.4. The Bertz CT molecular complexity index is 6310. The van der Waals surface area contributed by atoms with E-state index in [4.69, 9.17) is 54.8 Å². The lowest BCUT2D eigenvalue weighted by atomic mass is 10.0. The molecular weight excluding hydrogens is 1130 g/mol. The van der Waals surface area contributed by atoms with E-state index < -0.39 is 103 Å². The molecule has 12 rings (SSSR count). The molecular formula is C87H102N6+6. The summed E-state index contributed by atoms with van der Waals surface area (Å²) in [5, 5.41) is 0. The summed E-state index contributed by atoms with van der Waals surface area (Å²) in [6, 6.07) is 42.5. The summed E-state index contributed by atoms with van der Waals surface area (Å²) < 4.78 is 317. The van der Waals surface area contributed by atoms with E-state index in [1.807, 2.05) is 94.4 Å². The van der Waals surface area contributed by atoms with Crippen LogP contribution in [0.3, 0.4) is 0 Å². The lowest BCUT2D eigenvalue weighted by Crippen LogP contribution is -2.31. The molecule has 0 bridgehead atoms. The number of pyridine rings is 6. The lowest BCUT2D eigenvalue weighted by Gasteiger charge is -2.06. The first-order valence-corrected chi connectivity index (χ1v) is 29.2. The Balaban J connectivity index is 0.000000218. The average Bonchev–Trinajstić information content (AvgIpc) is 0.735. The minimum absolute atomic E-state index is 0.0134. The lowest BCUT2D eigenvalue weighted by molar-refractivity contribution is -0.660. The van der Waals surface area contributed by atoms with Crippen LogP contribution in [0.4, 0.5) is 0 Å². The quantitative estimate of drug-likeness (QED) is 0.148. The largest absolute Gasteiger partial charge is 0.212 e. The zero-order valence-electron chi connectivity index (χ0n) is 94.2. The maximum Gasteiger partial charge on any atom is 0.212 e. The van der Waals surface area contributed by atoms with Gasteiger partial charge in [-0.3, -0.25) is 0 Å². The molecule has 0 amide bonds. The monoisotopic (exact) mass is 1270 g/mol. The van der Waals surface area contributed by atoms with Gasteiger partial charge in [-0.1, -0.05) is 108 Å². The molecule has 0 radical (unpaired) electrons. The number of benzene rings is 6. The first-order valence-electron chi connectivity index (χ1n) is 49.2. The first kappa shape index (κ1) is 33.7. The predicted molar refractivity (Wildman–Crippen MR) is 389 cm³/mol. The van der Waals surface area contributed by atoms with Gasteiger partial charge in [0.2, 0.25) is 34.2 Å². The van der Waals surface area contributed by atoms with Gasteiger partial charge in [0.05, 0.1) is 9.60 Å². The molecule has 0 N–H and O–H groups in total. The summed E-state index contributed by atoms with van der Waals surface area (Å²) in [5.74, 6) is 0. The van der Waals surface area contributed by atoms with Gasteiger partial charge in [-0.2, -0.15) is 0 Å². The third kappa shape index (κ3) is 19.4. The fourth-order valence-electron chi connectivity index (χ4n) is 9.74. The highest BCUT2D eigenvalue weighted by molar-refractivity contribution is 5.65. The SMILES string of the molecule is [2H]c1c(C([2H])([2H])[2H])c(C([2H])([2H])[2H])c([2H])[n+](C)c1-c1ccccc1C.[2H]c1c(C([2H])([2H])[2H])c([2H])c(-c2ccccc2C)[n+](C)c1[2H].[2H]c1c(C([2H])([2H])[2H])ccc(-c2ccc(C([2H])([2H])[2H])cc2C)[n+]1C.[2H]c1c([2H])c(-c2ccc(C([2H])([2H])[2H])cc2C)[n+](C)c([2H])c1C([2H])([2H])[2H].[2H]c1c([2H])c(-c2ccccc2C)[n+](C)c([2H])c1C([2H])([2H])[2H].[2H]c1cc(C([2H])([2H])[2H])cc(-c2ccccc2C)[n+]1C. The van der Waals surface area contributed by atoms with Crippen molar-refractivity contribution in [1.29, 1.82) is 0 Å². The topological polar surface area (TPSA) is 23.3 Å². The van der Waals surface area contributed by atoms with Gasteiger partial charge >= 0.3 is 0 Å². The second-order valence-corrected chi connectivity index (χ2v) is 21.8. The highest BCUT2D eigenvalue weighted by atomic mass is 14.9. The molecule has 6 heterocycles. The van der Waals surface area contributed by atoms with E-state index in [9.17, 15) is 0 Å². The van der Waals surface area contributed by atoms with Crippen LogP contribution < -0.4 is 27.4 Å². The van der Waals surface area contributed by atoms with Crippen LogP contribution in [0, 0.1) is 103 Å². The molecule has 0 aliphatic carbocycles. The zero-order chi connectivity index (χ0) is 101. The second-order valence-electron chi connectivity index (χ2n) is 21.8. The number of hydrogen-bond acceptors (Lipinski definition) is 0. The molecule has 93 heavy (non-hydrogen) atoms. The highest BCUT2D eigenvalue weighted by Gasteiger charge is 2.17. The molecule has 0 saturated heterocycles. The predicted octanol–water partition coefficient (Wildman–Crippen LogP) is 17.7. The molecule has 0 saturated carbocycles. The first-order chi connectivity index (χ1) is 60.7. The Hall–Kier alpha value is -9.78. The van der Waals surface area contributed by atoms with Gasteiger partial charge in [0.15, 0.2) is 37.0 Å². The van der Waals surface area contributed by atoms with Crippen LogP contribution in [0.2, 0.25) is 0 Å². The summed E-state index contributed by atoms with van der Waals surface area (Å²) in [5.41, 5.74) is 9.98. The molecule has 0 aliphatic rings. The Morgan fingerprint density at radius 1 is 0.237 bits per heavy atom. The highest BCUT2D eigenvalue weighted by Crippen LogP contribution is 2.26. The number of rotatable bonds is 6. The van der Waals surface area contributed by atoms with Crippen molar-refractivity contribution in [2.24, 2.45) is 42.3 Å². The van der Waals surface area contributed by atoms with Gasteiger partial charge in [0.1, 0.15) is 50.5 Å². The van der Waals surface area contributed by atoms with Gasteiger partial charge in [0.25, 0.3) is 0 Å². The van der Waals surface area contributed by atoms with Crippen LogP contribution in [0.15, 0.2) is 237 Å². The molecule has 0 unspecified atom stereocenters. The van der Waals surface area contributed by atoms with E-state index in [0.717, 1.165) is 50.2 Å². The van der Waals surface area contributed by atoms with Crippen molar-refractivity contribution in [3.63, 3.8) is 0 Å². The standard InChI is InChI=1S/3C15H18N.3C14H16N/c2*1-11-5-7-14(13(3)9-11)15-8-6-12(2)10-16(15)4;1-11-7-5-6-8-14(11)15-9-12(2)13(3)10-16(15)4;2*1-11-8-9-15(3)14(10-11)13-7-5-4-6-12(13)2;1-11-8-9-14(15(3)10-11)13-7-5-4-6-12(13)2/h3*5-10H,1-4H3;3*4-10H,1-3H3/q6*+1/i1D3,2D3,6D,8D,10D;1D3,2D3,10D;2D3,3D3,9D,10D;1D3,8D,9D,10D;1D3,9D;1D3,8D,9D,10D. The van der Waals surface area contributed by atoms with Crippen LogP contribution in [-0.4, -0.2) is 0 Å². The minimum atomic E-state index is -2.80. The van der Waals surface area contributed by atoms with Gasteiger partial charge in [-0.05, 0) is 208 Å². The molecule has 474 valence electrons. The zero-order valence-corrected chi connectivity index (χ0v) is 54.2. The van der Waals surface area contributed by atoms with Crippen molar-refractivity contribution in [3.05, 3.63) is 321 Å². The van der Waals surface area contributed by atoms with Crippen molar-refractivity contribution < 1.29 is 82.2 Å². The van der Waals surface area contributed by atoms with E-state index in [-0.39, 0.29) is 99.8 Å². The van der Waals surface area contributed by atoms with E-state index in [0.29, 0.717) is 39.3 Å². The third-order valence-electron chi connectivity index (χ3n) is 14.6. The summed E-state index contributed by atoms with van der Waals surface area (Å²) in [7, 11) is 9.46. The van der Waals surface area contributed by atoms with E-state index in [2.05, 4.69) is 0 Å².